The van der Waals surface area contributed by atoms with E-state index in [0.29, 0.717) is 24.0 Å². The van der Waals surface area contributed by atoms with E-state index in [2.05, 4.69) is 29.6 Å². The lowest BCUT2D eigenvalue weighted by Crippen LogP contribution is -2.29. The zero-order chi connectivity index (χ0) is 17.4. The Hall–Kier alpha value is -2.75. The van der Waals surface area contributed by atoms with E-state index in [4.69, 9.17) is 9.84 Å². The molecule has 2 unspecified atom stereocenters. The molecule has 1 heterocycles. The molecule has 4 rings (SSSR count). The molecule has 0 saturated carbocycles. The quantitative estimate of drug-likeness (QED) is 0.801. The highest BCUT2D eigenvalue weighted by atomic mass is 16.5. The molecule has 0 bridgehead atoms. The predicted molar refractivity (Wildman–Crippen MR) is 97.4 cm³/mol. The summed E-state index contributed by atoms with van der Waals surface area (Å²) in [6.45, 7) is 2.61. The van der Waals surface area contributed by atoms with Gasteiger partial charge < -0.3 is 15.2 Å². The van der Waals surface area contributed by atoms with Crippen LogP contribution in [0.1, 0.15) is 46.8 Å². The molecule has 0 aromatic heterocycles. The van der Waals surface area contributed by atoms with Crippen LogP contribution in [0.15, 0.2) is 54.6 Å². The second-order valence-corrected chi connectivity index (χ2v) is 6.56. The van der Waals surface area contributed by atoms with Crippen molar-refractivity contribution >= 4 is 11.7 Å². The number of fused-ring (bicyclic) bond motifs is 3. The van der Waals surface area contributed by atoms with Gasteiger partial charge in [0.25, 0.3) is 0 Å². The number of hydrogen-bond donors (Lipinski definition) is 2. The number of aromatic carboxylic acids is 1. The molecule has 128 valence electrons. The number of rotatable bonds is 4. The van der Waals surface area contributed by atoms with Crippen LogP contribution >= 0.6 is 0 Å². The van der Waals surface area contributed by atoms with E-state index in [1.54, 1.807) is 12.1 Å². The molecule has 2 aromatic rings. The first kappa shape index (κ1) is 15.8. The number of anilines is 1. The number of carboxylic acids is 1. The Bertz CT molecular complexity index is 826. The Morgan fingerprint density at radius 1 is 1.24 bits per heavy atom. The minimum atomic E-state index is -0.896. The van der Waals surface area contributed by atoms with Gasteiger partial charge in [0.2, 0.25) is 0 Å². The summed E-state index contributed by atoms with van der Waals surface area (Å²) >= 11 is 0. The molecule has 0 amide bonds. The van der Waals surface area contributed by atoms with Gasteiger partial charge in [0.15, 0.2) is 0 Å². The lowest BCUT2D eigenvalue weighted by atomic mass is 9.77. The molecule has 4 heteroatoms. The zero-order valence-corrected chi connectivity index (χ0v) is 14.1. The molecule has 4 nitrogen and oxygen atoms in total. The van der Waals surface area contributed by atoms with Crippen LogP contribution in [0.25, 0.3) is 0 Å². The van der Waals surface area contributed by atoms with E-state index < -0.39 is 5.97 Å². The van der Waals surface area contributed by atoms with Gasteiger partial charge in [-0.15, -0.1) is 0 Å². The highest BCUT2D eigenvalue weighted by Gasteiger charge is 2.38. The van der Waals surface area contributed by atoms with Gasteiger partial charge in [-0.05, 0) is 48.6 Å². The summed E-state index contributed by atoms with van der Waals surface area (Å²) < 4.78 is 5.82. The fourth-order valence-corrected chi connectivity index (χ4v) is 4.03. The third-order valence-corrected chi connectivity index (χ3v) is 5.18. The maximum atomic E-state index is 11.1. The predicted octanol–water partition coefficient (Wildman–Crippen LogP) is 4.61. The van der Waals surface area contributed by atoms with Gasteiger partial charge in [-0.2, -0.15) is 0 Å². The lowest BCUT2D eigenvalue weighted by molar-refractivity contribution is 0.0697. The van der Waals surface area contributed by atoms with Crippen molar-refractivity contribution in [3.63, 3.8) is 0 Å². The summed E-state index contributed by atoms with van der Waals surface area (Å²) in [4.78, 5) is 11.1. The first-order chi connectivity index (χ1) is 12.2. The summed E-state index contributed by atoms with van der Waals surface area (Å²) in [5.41, 5.74) is 3.77. The van der Waals surface area contributed by atoms with Crippen molar-refractivity contribution in [3.05, 3.63) is 71.3 Å². The van der Waals surface area contributed by atoms with Gasteiger partial charge >= 0.3 is 5.97 Å². The number of hydrogen-bond acceptors (Lipinski definition) is 3. The highest BCUT2D eigenvalue weighted by Crippen LogP contribution is 2.52. The number of carboxylic acid groups (broad SMARTS) is 1. The average Bonchev–Trinajstić information content (AvgIpc) is 3.12. The first-order valence-corrected chi connectivity index (χ1v) is 8.71. The Kier molecular flexibility index (Phi) is 3.96. The maximum Gasteiger partial charge on any atom is 0.335 e. The lowest BCUT2D eigenvalue weighted by Gasteiger charge is -2.38. The second kappa shape index (κ2) is 6.28. The van der Waals surface area contributed by atoms with Crippen LogP contribution in [0, 0.1) is 5.92 Å². The molecule has 0 spiro atoms. The van der Waals surface area contributed by atoms with Crippen molar-refractivity contribution in [3.8, 4) is 5.75 Å². The van der Waals surface area contributed by atoms with Crippen molar-refractivity contribution in [2.75, 3.05) is 11.9 Å². The summed E-state index contributed by atoms with van der Waals surface area (Å²) in [6.07, 6.45) is 5.55. The number of nitrogens with one attached hydrogen (secondary N) is 1. The van der Waals surface area contributed by atoms with Crippen LogP contribution < -0.4 is 10.1 Å². The fraction of sp³-hybridized carbons (Fsp3) is 0.286. The fourth-order valence-electron chi connectivity index (χ4n) is 4.03. The number of allylic oxidation sites excluding steroid dienone is 2. The van der Waals surface area contributed by atoms with Crippen LogP contribution in [0.4, 0.5) is 5.69 Å². The Morgan fingerprint density at radius 3 is 2.76 bits per heavy atom. The minimum Gasteiger partial charge on any atom is -0.492 e. The maximum absolute atomic E-state index is 11.1. The largest absolute Gasteiger partial charge is 0.492 e. The van der Waals surface area contributed by atoms with Crippen LogP contribution in [-0.2, 0) is 0 Å². The molecule has 2 N–H and O–H groups in total. The molecule has 0 fully saturated rings. The molecule has 1 aliphatic heterocycles. The number of ether oxygens (including phenoxy) is 1. The van der Waals surface area contributed by atoms with Gasteiger partial charge in [0.05, 0.1) is 23.9 Å². The normalized spacial score (nSPS) is 23.5. The van der Waals surface area contributed by atoms with E-state index in [-0.39, 0.29) is 6.04 Å². The molecule has 2 aromatic carbocycles. The molecule has 1 aliphatic carbocycles. The molecular weight excluding hydrogens is 314 g/mol. The summed E-state index contributed by atoms with van der Waals surface area (Å²) in [5.74, 6) is 0.777. The second-order valence-electron chi connectivity index (χ2n) is 6.56. The molecule has 25 heavy (non-hydrogen) atoms. The Balaban J connectivity index is 1.74. The zero-order valence-electron chi connectivity index (χ0n) is 14.1. The van der Waals surface area contributed by atoms with Crippen molar-refractivity contribution in [2.24, 2.45) is 5.92 Å². The highest BCUT2D eigenvalue weighted by molar-refractivity contribution is 5.87. The van der Waals surface area contributed by atoms with E-state index >= 15 is 0 Å². The van der Waals surface area contributed by atoms with Crippen molar-refractivity contribution in [2.45, 2.75) is 25.3 Å². The monoisotopic (exact) mass is 335 g/mol. The molecule has 0 saturated heterocycles. The van der Waals surface area contributed by atoms with Crippen molar-refractivity contribution in [1.82, 2.24) is 0 Å². The first-order valence-electron chi connectivity index (χ1n) is 8.71. The van der Waals surface area contributed by atoms with Gasteiger partial charge in [0.1, 0.15) is 5.75 Å². The van der Waals surface area contributed by atoms with Gasteiger partial charge in [-0.25, -0.2) is 4.79 Å². The smallest absolute Gasteiger partial charge is 0.335 e. The SMILES string of the molecule is CCOc1cccc2c1N[C@H](c1ccc(C(=O)O)cc1)C1CC=CC21. The number of para-hydroxylation sites is 1. The topological polar surface area (TPSA) is 58.6 Å². The third kappa shape index (κ3) is 2.68. The summed E-state index contributed by atoms with van der Waals surface area (Å²) in [5, 5.41) is 12.8. The molecular formula is C21H21NO3. The van der Waals surface area contributed by atoms with Crippen LogP contribution in [0.3, 0.4) is 0 Å². The van der Waals surface area contributed by atoms with E-state index in [1.807, 2.05) is 25.1 Å². The van der Waals surface area contributed by atoms with Gasteiger partial charge in [-0.3, -0.25) is 0 Å². The van der Waals surface area contributed by atoms with Gasteiger partial charge in [-0.1, -0.05) is 36.4 Å². The number of benzene rings is 2. The van der Waals surface area contributed by atoms with E-state index in [0.717, 1.165) is 23.4 Å². The minimum absolute atomic E-state index is 0.136. The molecule has 2 aliphatic rings. The number of carbonyl (C=O) groups is 1. The van der Waals surface area contributed by atoms with Crippen molar-refractivity contribution in [1.29, 1.82) is 0 Å². The molecule has 3 atom stereocenters. The van der Waals surface area contributed by atoms with E-state index in [1.165, 1.54) is 5.56 Å². The van der Waals surface area contributed by atoms with Crippen LogP contribution in [0.2, 0.25) is 0 Å². The van der Waals surface area contributed by atoms with Crippen LogP contribution in [-0.4, -0.2) is 17.7 Å². The van der Waals surface area contributed by atoms with E-state index in [9.17, 15) is 4.79 Å². The van der Waals surface area contributed by atoms with Crippen LogP contribution in [0.5, 0.6) is 5.75 Å². The van der Waals surface area contributed by atoms with Gasteiger partial charge in [0, 0.05) is 5.92 Å². The Labute approximate surface area is 147 Å². The summed E-state index contributed by atoms with van der Waals surface area (Å²) in [7, 11) is 0. The Morgan fingerprint density at radius 2 is 2.04 bits per heavy atom. The summed E-state index contributed by atoms with van der Waals surface area (Å²) in [6, 6.07) is 13.6. The third-order valence-electron chi connectivity index (χ3n) is 5.18. The average molecular weight is 335 g/mol. The van der Waals surface area contributed by atoms with Crippen molar-refractivity contribution < 1.29 is 14.6 Å². The molecule has 0 radical (unpaired) electrons. The standard InChI is InChI=1S/C21H21NO3/c1-2-25-18-8-4-7-17-15-5-3-6-16(15)19(22-20(17)18)13-9-11-14(12-10-13)21(23)24/h3-5,7-12,15-16,19,22H,2,6H2,1H3,(H,23,24)/t15?,16?,19-/m1/s1.